The summed E-state index contributed by atoms with van der Waals surface area (Å²) < 4.78 is 43.1. The van der Waals surface area contributed by atoms with Crippen molar-refractivity contribution in [3.63, 3.8) is 0 Å². The third-order valence-corrected chi connectivity index (χ3v) is 7.88. The molecule has 1 fully saturated rings. The largest absolute Gasteiger partial charge is 0.343 e. The highest BCUT2D eigenvalue weighted by molar-refractivity contribution is 7.89. The molecule has 0 N–H and O–H groups in total. The molecule has 1 saturated heterocycles. The van der Waals surface area contributed by atoms with Crippen molar-refractivity contribution in [3.05, 3.63) is 41.7 Å². The number of hydrogen-bond donors (Lipinski definition) is 0. The topological polar surface area (TPSA) is 88.4 Å². The van der Waals surface area contributed by atoms with Crippen LogP contribution in [0.5, 0.6) is 0 Å². The molecule has 8 nitrogen and oxygen atoms in total. The fourth-order valence-electron chi connectivity index (χ4n) is 4.32. The van der Waals surface area contributed by atoms with Crippen molar-refractivity contribution in [1.29, 1.82) is 0 Å². The van der Waals surface area contributed by atoms with E-state index in [4.69, 9.17) is 0 Å². The second-order valence-electron chi connectivity index (χ2n) is 8.65. The van der Waals surface area contributed by atoms with Gasteiger partial charge in [-0.15, -0.1) is 10.2 Å². The summed E-state index contributed by atoms with van der Waals surface area (Å²) in [5.74, 6) is 1.41. The van der Waals surface area contributed by atoms with E-state index in [1.807, 2.05) is 23.3 Å². The minimum atomic E-state index is -3.94. The number of rotatable bonds is 5. The van der Waals surface area contributed by atoms with Gasteiger partial charge < -0.3 is 9.47 Å². The summed E-state index contributed by atoms with van der Waals surface area (Å²) in [7, 11) is -3.94. The first-order valence-electron chi connectivity index (χ1n) is 10.7. The molecule has 0 aliphatic carbocycles. The number of fused-ring (bicyclic) bond motifs is 1. The molecule has 2 aliphatic rings. The van der Waals surface area contributed by atoms with Gasteiger partial charge in [0.05, 0.1) is 6.54 Å². The Morgan fingerprint density at radius 3 is 2.52 bits per heavy atom. The Balaban J connectivity index is 1.45. The Hall–Kier alpha value is -2.33. The maximum absolute atomic E-state index is 14.1. The summed E-state index contributed by atoms with van der Waals surface area (Å²) in [6.45, 7) is 6.22. The number of amides is 1. The number of halogens is 1. The fraction of sp³-hybridized carbons (Fsp3) is 0.571. The molecule has 0 saturated carbocycles. The monoisotopic (exact) mass is 449 g/mol. The van der Waals surface area contributed by atoms with Crippen LogP contribution in [-0.2, 0) is 27.9 Å². The van der Waals surface area contributed by atoms with E-state index < -0.39 is 15.8 Å². The highest BCUT2D eigenvalue weighted by Gasteiger charge is 2.34. The van der Waals surface area contributed by atoms with Gasteiger partial charge in [-0.2, -0.15) is 4.31 Å². The first-order chi connectivity index (χ1) is 14.8. The average Bonchev–Trinajstić information content (AvgIpc) is 3.17. The zero-order chi connectivity index (χ0) is 22.2. The second-order valence-corrected chi connectivity index (χ2v) is 10.6. The van der Waals surface area contributed by atoms with Crippen molar-refractivity contribution in [2.45, 2.75) is 57.0 Å². The molecule has 0 bridgehead atoms. The first kappa shape index (κ1) is 21.9. The quantitative estimate of drug-likeness (QED) is 0.699. The Bertz CT molecular complexity index is 1060. The number of piperidine rings is 1. The lowest BCUT2D eigenvalue weighted by Gasteiger charge is -2.33. The molecule has 10 heteroatoms. The van der Waals surface area contributed by atoms with E-state index in [0.717, 1.165) is 24.7 Å². The van der Waals surface area contributed by atoms with Crippen molar-refractivity contribution in [2.24, 2.45) is 5.92 Å². The minimum Gasteiger partial charge on any atom is -0.343 e. The summed E-state index contributed by atoms with van der Waals surface area (Å²) >= 11 is 0. The van der Waals surface area contributed by atoms with Crippen LogP contribution in [0, 0.1) is 11.7 Å². The lowest BCUT2D eigenvalue weighted by Crippen LogP contribution is -2.40. The maximum Gasteiger partial charge on any atom is 0.246 e. The second kappa shape index (κ2) is 8.66. The summed E-state index contributed by atoms with van der Waals surface area (Å²) in [6, 6.07) is 5.41. The first-order valence-corrected chi connectivity index (χ1v) is 12.2. The van der Waals surface area contributed by atoms with Crippen LogP contribution in [0.3, 0.4) is 0 Å². The number of carbonyl (C=O) groups excluding carboxylic acids is 1. The summed E-state index contributed by atoms with van der Waals surface area (Å²) in [4.78, 5) is 13.9. The van der Waals surface area contributed by atoms with Gasteiger partial charge in [0.2, 0.25) is 15.9 Å². The normalized spacial score (nSPS) is 18.4. The maximum atomic E-state index is 14.1. The Kier molecular flexibility index (Phi) is 6.11. The molecule has 0 unspecified atom stereocenters. The predicted molar refractivity (Wildman–Crippen MR) is 112 cm³/mol. The molecule has 31 heavy (non-hydrogen) atoms. The van der Waals surface area contributed by atoms with Crippen LogP contribution in [-0.4, -0.2) is 57.9 Å². The van der Waals surface area contributed by atoms with Crippen LogP contribution in [0.25, 0.3) is 0 Å². The molecular formula is C21H28FN5O3S. The van der Waals surface area contributed by atoms with Gasteiger partial charge in [0.1, 0.15) is 22.4 Å². The van der Waals surface area contributed by atoms with Crippen LogP contribution < -0.4 is 0 Å². The number of carbonyl (C=O) groups is 1. The van der Waals surface area contributed by atoms with Gasteiger partial charge in [-0.05, 0) is 30.9 Å². The van der Waals surface area contributed by atoms with E-state index in [1.165, 1.54) is 22.5 Å². The molecule has 0 atom stereocenters. The zero-order valence-corrected chi connectivity index (χ0v) is 18.7. The van der Waals surface area contributed by atoms with Gasteiger partial charge in [0, 0.05) is 38.5 Å². The highest BCUT2D eigenvalue weighted by Crippen LogP contribution is 2.30. The fourth-order valence-corrected chi connectivity index (χ4v) is 5.77. The molecule has 0 radical (unpaired) electrons. The number of aromatic nitrogens is 3. The van der Waals surface area contributed by atoms with Crippen LogP contribution in [0.2, 0.25) is 0 Å². The average molecular weight is 450 g/mol. The number of hydrogen-bond acceptors (Lipinski definition) is 5. The minimum absolute atomic E-state index is 0.0649. The lowest BCUT2D eigenvalue weighted by molar-refractivity contribution is -0.133. The molecule has 1 aromatic carbocycles. The van der Waals surface area contributed by atoms with Crippen molar-refractivity contribution in [3.8, 4) is 0 Å². The molecule has 3 heterocycles. The van der Waals surface area contributed by atoms with E-state index in [-0.39, 0.29) is 29.8 Å². The van der Waals surface area contributed by atoms with Crippen molar-refractivity contribution < 1.29 is 17.6 Å². The Morgan fingerprint density at radius 2 is 1.84 bits per heavy atom. The number of sulfonamides is 1. The van der Waals surface area contributed by atoms with Gasteiger partial charge >= 0.3 is 0 Å². The molecule has 1 aromatic heterocycles. The highest BCUT2D eigenvalue weighted by atomic mass is 32.2. The van der Waals surface area contributed by atoms with Crippen molar-refractivity contribution in [1.82, 2.24) is 24.0 Å². The summed E-state index contributed by atoms with van der Waals surface area (Å²) in [5.41, 5.74) is 0. The van der Waals surface area contributed by atoms with Crippen molar-refractivity contribution in [2.75, 3.05) is 19.6 Å². The van der Waals surface area contributed by atoms with Gasteiger partial charge in [0.15, 0.2) is 0 Å². The SMILES string of the molecule is CC(C)CC(=O)N1CCC(c2nnc3n2CCN(S(=O)(=O)c2ccccc2F)C3)CC1. The van der Waals surface area contributed by atoms with E-state index in [2.05, 4.69) is 10.2 Å². The standard InChI is InChI=1S/C21H28FN5O3S/c1-15(2)13-20(28)25-9-7-16(8-10-25)21-24-23-19-14-26(11-12-27(19)21)31(29,30)18-6-4-3-5-17(18)22/h3-6,15-16H,7-14H2,1-2H3. The Morgan fingerprint density at radius 1 is 1.13 bits per heavy atom. The number of nitrogens with zero attached hydrogens (tertiary/aromatic N) is 5. The van der Waals surface area contributed by atoms with E-state index in [1.54, 1.807) is 0 Å². The van der Waals surface area contributed by atoms with Gasteiger partial charge in [0.25, 0.3) is 0 Å². The van der Waals surface area contributed by atoms with Gasteiger partial charge in [-0.25, -0.2) is 12.8 Å². The molecule has 0 spiro atoms. The molecule has 2 aliphatic heterocycles. The van der Waals surface area contributed by atoms with Crippen LogP contribution in [0.4, 0.5) is 4.39 Å². The van der Waals surface area contributed by atoms with E-state index in [9.17, 15) is 17.6 Å². The summed E-state index contributed by atoms with van der Waals surface area (Å²) in [6.07, 6.45) is 2.20. The third kappa shape index (κ3) is 4.36. The molecule has 2 aromatic rings. The molecule has 1 amide bonds. The van der Waals surface area contributed by atoms with Crippen molar-refractivity contribution >= 4 is 15.9 Å². The molecule has 4 rings (SSSR count). The molecule has 168 valence electrons. The Labute approximate surface area is 182 Å². The van der Waals surface area contributed by atoms with Gasteiger partial charge in [-0.3, -0.25) is 4.79 Å². The van der Waals surface area contributed by atoms with E-state index >= 15 is 0 Å². The molecular weight excluding hydrogens is 421 g/mol. The number of benzene rings is 1. The van der Waals surface area contributed by atoms with Crippen LogP contribution in [0.1, 0.15) is 50.7 Å². The predicted octanol–water partition coefficient (Wildman–Crippen LogP) is 2.37. The summed E-state index contributed by atoms with van der Waals surface area (Å²) in [5, 5.41) is 8.60. The van der Waals surface area contributed by atoms with Gasteiger partial charge in [-0.1, -0.05) is 26.0 Å². The van der Waals surface area contributed by atoms with Crippen LogP contribution in [0.15, 0.2) is 29.2 Å². The third-order valence-electron chi connectivity index (χ3n) is 6.00. The zero-order valence-electron chi connectivity index (χ0n) is 17.9. The smallest absolute Gasteiger partial charge is 0.246 e. The lowest BCUT2D eigenvalue weighted by atomic mass is 9.95. The number of likely N-dealkylation sites (tertiary alicyclic amines) is 1. The van der Waals surface area contributed by atoms with Crippen LogP contribution >= 0.6 is 0 Å². The van der Waals surface area contributed by atoms with E-state index in [0.29, 0.717) is 37.8 Å².